The summed E-state index contributed by atoms with van der Waals surface area (Å²) in [5.41, 5.74) is 6.93. The van der Waals surface area contributed by atoms with Crippen molar-refractivity contribution in [2.75, 3.05) is 6.61 Å². The third-order valence-electron chi connectivity index (χ3n) is 3.04. The molecule has 3 aromatic rings. The number of rotatable bonds is 5. The van der Waals surface area contributed by atoms with E-state index >= 15 is 0 Å². The monoisotopic (exact) mass is 375 g/mol. The van der Waals surface area contributed by atoms with Gasteiger partial charge in [-0.05, 0) is 24.3 Å². The van der Waals surface area contributed by atoms with Crippen LogP contribution in [0.3, 0.4) is 0 Å². The summed E-state index contributed by atoms with van der Waals surface area (Å²) < 4.78 is 2.04. The molecule has 0 spiro atoms. The molecule has 2 heterocycles. The lowest BCUT2D eigenvalue weighted by molar-refractivity contribution is 0.264. The van der Waals surface area contributed by atoms with Crippen molar-refractivity contribution in [1.29, 1.82) is 0 Å². The zero-order chi connectivity index (χ0) is 14.8. The predicted octanol–water partition coefficient (Wildman–Crippen LogP) is 3.48. The lowest BCUT2D eigenvalue weighted by atomic mass is 10.2. The highest BCUT2D eigenvalue weighted by Gasteiger charge is 2.16. The van der Waals surface area contributed by atoms with Gasteiger partial charge in [-0.15, -0.1) is 23.7 Å². The minimum Gasteiger partial charge on any atom is -0.395 e. The van der Waals surface area contributed by atoms with E-state index in [1.807, 2.05) is 40.2 Å². The third-order valence-corrected chi connectivity index (χ3v) is 5.08. The molecule has 3 N–H and O–H groups in total. The lowest BCUT2D eigenvalue weighted by Crippen LogP contribution is -2.27. The van der Waals surface area contributed by atoms with Crippen LogP contribution in [0.1, 0.15) is 5.69 Å². The van der Waals surface area contributed by atoms with E-state index in [0.29, 0.717) is 11.4 Å². The zero-order valence-corrected chi connectivity index (χ0v) is 14.7. The van der Waals surface area contributed by atoms with Crippen LogP contribution in [-0.4, -0.2) is 27.1 Å². The van der Waals surface area contributed by atoms with Crippen molar-refractivity contribution in [3.8, 4) is 0 Å². The molecule has 0 fully saturated rings. The summed E-state index contributed by atoms with van der Waals surface area (Å²) >= 11 is 9.08. The molecule has 0 aliphatic carbocycles. The van der Waals surface area contributed by atoms with Crippen LogP contribution in [-0.2, 0) is 6.42 Å². The van der Waals surface area contributed by atoms with Gasteiger partial charge in [-0.1, -0.05) is 23.4 Å². The summed E-state index contributed by atoms with van der Waals surface area (Å²) in [6.45, 7) is -0.0393. The predicted molar refractivity (Wildman–Crippen MR) is 94.7 cm³/mol. The number of hydrogen-bond acceptors (Lipinski definition) is 5. The van der Waals surface area contributed by atoms with Gasteiger partial charge in [0.25, 0.3) is 0 Å². The summed E-state index contributed by atoms with van der Waals surface area (Å²) in [4.78, 5) is 6.66. The van der Waals surface area contributed by atoms with Gasteiger partial charge in [0.1, 0.15) is 5.03 Å². The topological polar surface area (TPSA) is 63.5 Å². The molecular formula is C14H15Cl2N3OS2. The van der Waals surface area contributed by atoms with Gasteiger partial charge in [0.05, 0.1) is 12.3 Å². The Bertz CT molecular complexity index is 742. The first-order chi connectivity index (χ1) is 10.2. The number of nitrogens with two attached hydrogens (primary N) is 1. The van der Waals surface area contributed by atoms with Gasteiger partial charge >= 0.3 is 0 Å². The number of thiazole rings is 1. The van der Waals surface area contributed by atoms with Crippen molar-refractivity contribution in [3.63, 3.8) is 0 Å². The molecule has 0 saturated carbocycles. The standard InChI is InChI=1S/C14H14ClN3OS2.ClH/c15-9-1-3-11(4-2-9)21-13-12(7-10(16)8-19)18-5-6-20-14(18)17-13;/h1-6,10,19H,7-8,16H2;1H. The zero-order valence-electron chi connectivity index (χ0n) is 11.5. The van der Waals surface area contributed by atoms with Crippen LogP contribution >= 0.6 is 47.1 Å². The fourth-order valence-electron chi connectivity index (χ4n) is 2.01. The Morgan fingerprint density at radius 1 is 1.36 bits per heavy atom. The number of hydrogen-bond donors (Lipinski definition) is 2. The number of imidazole rings is 1. The normalized spacial score (nSPS) is 12.3. The van der Waals surface area contributed by atoms with E-state index in [0.717, 1.165) is 20.6 Å². The highest BCUT2D eigenvalue weighted by molar-refractivity contribution is 7.99. The average molecular weight is 376 g/mol. The van der Waals surface area contributed by atoms with Crippen LogP contribution in [0.2, 0.25) is 5.02 Å². The first-order valence-corrected chi connectivity index (χ1v) is 8.49. The van der Waals surface area contributed by atoms with Crippen molar-refractivity contribution < 1.29 is 5.11 Å². The number of aliphatic hydroxyl groups excluding tert-OH is 1. The molecule has 8 heteroatoms. The highest BCUT2D eigenvalue weighted by Crippen LogP contribution is 2.32. The van der Waals surface area contributed by atoms with Gasteiger partial charge in [-0.3, -0.25) is 4.40 Å². The molecule has 1 aromatic carbocycles. The first-order valence-electron chi connectivity index (χ1n) is 6.41. The second kappa shape index (κ2) is 7.68. The van der Waals surface area contributed by atoms with E-state index < -0.39 is 0 Å². The number of fused-ring (bicyclic) bond motifs is 1. The molecule has 0 bridgehead atoms. The Balaban J connectivity index is 0.00000176. The Morgan fingerprint density at radius 3 is 2.77 bits per heavy atom. The van der Waals surface area contributed by atoms with Crippen molar-refractivity contribution >= 4 is 52.1 Å². The molecule has 1 unspecified atom stereocenters. The van der Waals surface area contributed by atoms with Crippen molar-refractivity contribution in [1.82, 2.24) is 9.38 Å². The van der Waals surface area contributed by atoms with Crippen LogP contribution < -0.4 is 5.73 Å². The van der Waals surface area contributed by atoms with Gasteiger partial charge in [-0.25, -0.2) is 4.98 Å². The van der Waals surface area contributed by atoms with Crippen molar-refractivity contribution in [2.24, 2.45) is 5.73 Å². The molecule has 4 nitrogen and oxygen atoms in total. The third kappa shape index (κ3) is 3.76. The van der Waals surface area contributed by atoms with Crippen molar-refractivity contribution in [3.05, 3.63) is 46.6 Å². The minimum absolute atomic E-state index is 0. The molecule has 0 saturated heterocycles. The van der Waals surface area contributed by atoms with Crippen LogP contribution in [0.5, 0.6) is 0 Å². The fraction of sp³-hybridized carbons (Fsp3) is 0.214. The maximum Gasteiger partial charge on any atom is 0.194 e. The SMILES string of the molecule is Cl.NC(CO)Cc1c(Sc2ccc(Cl)cc2)nc2sccn12. The van der Waals surface area contributed by atoms with Crippen LogP contribution in [0.15, 0.2) is 45.8 Å². The fourth-order valence-corrected chi connectivity index (χ4v) is 3.85. The maximum atomic E-state index is 9.19. The van der Waals surface area contributed by atoms with Crippen LogP contribution in [0, 0.1) is 0 Å². The summed E-state index contributed by atoms with van der Waals surface area (Å²) in [5.74, 6) is 0. The smallest absolute Gasteiger partial charge is 0.194 e. The number of nitrogens with zero attached hydrogens (tertiary/aromatic N) is 2. The Labute approximate surface area is 147 Å². The molecule has 0 amide bonds. The van der Waals surface area contributed by atoms with Gasteiger partial charge in [0, 0.05) is 34.0 Å². The molecular weight excluding hydrogens is 361 g/mol. The van der Waals surface area contributed by atoms with E-state index in [1.54, 1.807) is 23.1 Å². The lowest BCUT2D eigenvalue weighted by Gasteiger charge is -2.09. The maximum absolute atomic E-state index is 9.19. The summed E-state index contributed by atoms with van der Waals surface area (Å²) in [5, 5.41) is 12.8. The van der Waals surface area contributed by atoms with Crippen LogP contribution in [0.25, 0.3) is 4.96 Å². The molecule has 2 aromatic heterocycles. The Kier molecular flexibility index (Phi) is 6.14. The van der Waals surface area contributed by atoms with Crippen molar-refractivity contribution in [2.45, 2.75) is 22.4 Å². The van der Waals surface area contributed by atoms with Gasteiger partial charge in [-0.2, -0.15) is 0 Å². The summed E-state index contributed by atoms with van der Waals surface area (Å²) in [7, 11) is 0. The Morgan fingerprint density at radius 2 is 2.09 bits per heavy atom. The number of halogens is 2. The van der Waals surface area contributed by atoms with E-state index in [9.17, 15) is 5.11 Å². The number of aromatic nitrogens is 2. The average Bonchev–Trinajstić information content (AvgIpc) is 3.04. The van der Waals surface area contributed by atoms with E-state index in [2.05, 4.69) is 4.98 Å². The van der Waals surface area contributed by atoms with Gasteiger partial charge in [0.15, 0.2) is 4.96 Å². The van der Waals surface area contributed by atoms with Crippen LogP contribution in [0.4, 0.5) is 0 Å². The Hall–Kier alpha value is -0.760. The van der Waals surface area contributed by atoms with Gasteiger partial charge in [0.2, 0.25) is 0 Å². The largest absolute Gasteiger partial charge is 0.395 e. The molecule has 22 heavy (non-hydrogen) atoms. The summed E-state index contributed by atoms with van der Waals surface area (Å²) in [6, 6.07) is 7.38. The number of aliphatic hydroxyl groups is 1. The van der Waals surface area contributed by atoms with Gasteiger partial charge < -0.3 is 10.8 Å². The molecule has 0 aliphatic rings. The molecule has 118 valence electrons. The summed E-state index contributed by atoms with van der Waals surface area (Å²) in [6.07, 6.45) is 2.57. The molecule has 0 radical (unpaired) electrons. The van der Waals surface area contributed by atoms with E-state index in [-0.39, 0.29) is 25.1 Å². The second-order valence-corrected chi connectivity index (χ2v) is 6.99. The highest BCUT2D eigenvalue weighted by atomic mass is 35.5. The van der Waals surface area contributed by atoms with E-state index in [1.165, 1.54) is 0 Å². The molecule has 1 atom stereocenters. The minimum atomic E-state index is -0.283. The quantitative estimate of drug-likeness (QED) is 0.716. The molecule has 0 aliphatic heterocycles. The number of benzene rings is 1. The molecule has 3 rings (SSSR count). The first kappa shape index (κ1) is 17.6. The second-order valence-electron chi connectivity index (χ2n) is 4.62. The van der Waals surface area contributed by atoms with E-state index in [4.69, 9.17) is 17.3 Å².